The van der Waals surface area contributed by atoms with Crippen molar-refractivity contribution in [2.24, 2.45) is 0 Å². The molecule has 70 valence electrons. The fourth-order valence-corrected chi connectivity index (χ4v) is 1.45. The van der Waals surface area contributed by atoms with Crippen LogP contribution in [0, 0.1) is 0 Å². The molecule has 0 spiro atoms. The minimum atomic E-state index is 0.183. The first-order valence-electron chi connectivity index (χ1n) is 3.81. The Bertz CT molecular complexity index is 468. The van der Waals surface area contributed by atoms with Gasteiger partial charge in [0.25, 0.3) is 0 Å². The molecule has 0 N–H and O–H groups in total. The zero-order valence-electron chi connectivity index (χ0n) is 6.96. The van der Waals surface area contributed by atoms with Crippen LogP contribution in [0.25, 0.3) is 5.69 Å². The van der Waals surface area contributed by atoms with E-state index < -0.39 is 0 Å². The number of carbonyl (C=O) groups excluding carboxylic acids is 1. The van der Waals surface area contributed by atoms with Crippen molar-refractivity contribution in [2.45, 2.75) is 0 Å². The fourth-order valence-electron chi connectivity index (χ4n) is 1.06. The summed E-state index contributed by atoms with van der Waals surface area (Å²) in [5.74, 6) is 0.183. The van der Waals surface area contributed by atoms with E-state index in [4.69, 9.17) is 0 Å². The molecule has 0 radical (unpaired) electrons. The Morgan fingerprint density at radius 3 is 3.00 bits per heavy atom. The molecule has 2 rings (SSSR count). The molecule has 6 heteroatoms. The van der Waals surface area contributed by atoms with E-state index in [9.17, 15) is 4.79 Å². The van der Waals surface area contributed by atoms with Gasteiger partial charge in [0.15, 0.2) is 6.29 Å². The summed E-state index contributed by atoms with van der Waals surface area (Å²) in [6.45, 7) is 0. The van der Waals surface area contributed by atoms with E-state index in [1.807, 2.05) is 24.3 Å². The highest BCUT2D eigenvalue weighted by atomic mass is 79.9. The van der Waals surface area contributed by atoms with Crippen LogP contribution in [0.5, 0.6) is 0 Å². The maximum atomic E-state index is 10.6. The summed E-state index contributed by atoms with van der Waals surface area (Å²) in [6, 6.07) is 7.36. The second kappa shape index (κ2) is 3.67. The van der Waals surface area contributed by atoms with Gasteiger partial charge in [0.2, 0.25) is 5.82 Å². The topological polar surface area (TPSA) is 60.7 Å². The van der Waals surface area contributed by atoms with Crippen molar-refractivity contribution in [1.29, 1.82) is 0 Å². The molecular weight excluding hydrogens is 248 g/mol. The van der Waals surface area contributed by atoms with Gasteiger partial charge in [-0.3, -0.25) is 4.79 Å². The predicted octanol–water partition coefficient (Wildman–Crippen LogP) is 1.24. The summed E-state index contributed by atoms with van der Waals surface area (Å²) in [5.41, 5.74) is 0.742. The number of nitrogens with zero attached hydrogens (tertiary/aromatic N) is 4. The summed E-state index contributed by atoms with van der Waals surface area (Å²) in [7, 11) is 0. The monoisotopic (exact) mass is 252 g/mol. The van der Waals surface area contributed by atoms with Gasteiger partial charge in [0.1, 0.15) is 0 Å². The van der Waals surface area contributed by atoms with E-state index in [2.05, 4.69) is 31.5 Å². The fraction of sp³-hybridized carbons (Fsp3) is 0. The lowest BCUT2D eigenvalue weighted by atomic mass is 10.3. The van der Waals surface area contributed by atoms with Crippen LogP contribution in [0.1, 0.15) is 10.6 Å². The van der Waals surface area contributed by atoms with Crippen molar-refractivity contribution >= 4 is 22.2 Å². The van der Waals surface area contributed by atoms with Crippen molar-refractivity contribution in [3.63, 3.8) is 0 Å². The van der Waals surface area contributed by atoms with Gasteiger partial charge in [-0.05, 0) is 28.6 Å². The van der Waals surface area contributed by atoms with E-state index in [-0.39, 0.29) is 5.82 Å². The van der Waals surface area contributed by atoms with Crippen molar-refractivity contribution in [3.05, 3.63) is 34.6 Å². The average Bonchev–Trinajstić information content (AvgIpc) is 2.65. The number of benzene rings is 1. The molecule has 14 heavy (non-hydrogen) atoms. The van der Waals surface area contributed by atoms with Gasteiger partial charge >= 0.3 is 0 Å². The molecule has 0 unspecified atom stereocenters. The van der Waals surface area contributed by atoms with Gasteiger partial charge in [-0.15, -0.1) is 5.10 Å². The third kappa shape index (κ3) is 1.56. The van der Waals surface area contributed by atoms with E-state index >= 15 is 0 Å². The first-order valence-corrected chi connectivity index (χ1v) is 4.60. The molecule has 1 aromatic heterocycles. The molecule has 0 atom stereocenters. The molecule has 0 saturated carbocycles. The average molecular weight is 253 g/mol. The lowest BCUT2D eigenvalue weighted by Gasteiger charge is -2.00. The normalized spacial score (nSPS) is 10.1. The minimum Gasteiger partial charge on any atom is -0.294 e. The molecular formula is C8H5BrN4O. The molecule has 0 amide bonds. The summed E-state index contributed by atoms with van der Waals surface area (Å²) >= 11 is 3.32. The quantitative estimate of drug-likeness (QED) is 0.755. The lowest BCUT2D eigenvalue weighted by Crippen LogP contribution is -2.01. The molecule has 0 aliphatic rings. The van der Waals surface area contributed by atoms with Crippen LogP contribution in [0.3, 0.4) is 0 Å². The predicted molar refractivity (Wildman–Crippen MR) is 52.2 cm³/mol. The lowest BCUT2D eigenvalue weighted by molar-refractivity contribution is 0.111. The molecule has 5 nitrogen and oxygen atoms in total. The van der Waals surface area contributed by atoms with Gasteiger partial charge in [0.05, 0.1) is 5.69 Å². The first-order chi connectivity index (χ1) is 6.81. The molecule has 0 aliphatic carbocycles. The van der Waals surface area contributed by atoms with Gasteiger partial charge < -0.3 is 0 Å². The molecule has 0 fully saturated rings. The number of aromatic nitrogens is 4. The Labute approximate surface area is 87.9 Å². The van der Waals surface area contributed by atoms with Crippen LogP contribution in [-0.4, -0.2) is 26.5 Å². The van der Waals surface area contributed by atoms with Gasteiger partial charge in [0, 0.05) is 4.47 Å². The Hall–Kier alpha value is -1.56. The number of halogens is 1. The first kappa shape index (κ1) is 9.01. The Morgan fingerprint density at radius 2 is 2.29 bits per heavy atom. The number of aldehydes is 1. The van der Waals surface area contributed by atoms with Crippen LogP contribution < -0.4 is 0 Å². The largest absolute Gasteiger partial charge is 0.294 e. The second-order valence-corrected chi connectivity index (χ2v) is 3.46. The van der Waals surface area contributed by atoms with Crippen LogP contribution >= 0.6 is 15.9 Å². The van der Waals surface area contributed by atoms with Crippen molar-refractivity contribution in [1.82, 2.24) is 20.2 Å². The second-order valence-electron chi connectivity index (χ2n) is 2.55. The van der Waals surface area contributed by atoms with Crippen molar-refractivity contribution in [2.75, 3.05) is 0 Å². The summed E-state index contributed by atoms with van der Waals surface area (Å²) in [6.07, 6.45) is 0.612. The number of hydrogen-bond donors (Lipinski definition) is 0. The van der Waals surface area contributed by atoms with Crippen LogP contribution in [0.15, 0.2) is 28.7 Å². The number of tetrazole rings is 1. The number of hydrogen-bond acceptors (Lipinski definition) is 4. The molecule has 1 heterocycles. The van der Waals surface area contributed by atoms with Gasteiger partial charge in [-0.1, -0.05) is 22.0 Å². The standard InChI is InChI=1S/C8H5BrN4O/c9-6-2-1-3-7(4-6)13-8(5-14)10-11-12-13/h1-5H. The summed E-state index contributed by atoms with van der Waals surface area (Å²) in [4.78, 5) is 10.6. The van der Waals surface area contributed by atoms with Crippen LogP contribution in [-0.2, 0) is 0 Å². The molecule has 0 aliphatic heterocycles. The highest BCUT2D eigenvalue weighted by molar-refractivity contribution is 9.10. The van der Waals surface area contributed by atoms with Crippen LogP contribution in [0.4, 0.5) is 0 Å². The number of carbonyl (C=O) groups is 1. The maximum Gasteiger partial charge on any atom is 0.219 e. The molecule has 2 aromatic rings. The van der Waals surface area contributed by atoms with E-state index in [1.165, 1.54) is 4.68 Å². The molecule has 1 aromatic carbocycles. The zero-order valence-corrected chi connectivity index (χ0v) is 8.55. The number of rotatable bonds is 2. The van der Waals surface area contributed by atoms with Crippen molar-refractivity contribution < 1.29 is 4.79 Å². The Balaban J connectivity index is 2.54. The smallest absolute Gasteiger partial charge is 0.219 e. The van der Waals surface area contributed by atoms with E-state index in [0.29, 0.717) is 6.29 Å². The maximum absolute atomic E-state index is 10.6. The zero-order chi connectivity index (χ0) is 9.97. The Kier molecular flexibility index (Phi) is 2.36. The molecule has 0 bridgehead atoms. The van der Waals surface area contributed by atoms with Crippen molar-refractivity contribution in [3.8, 4) is 5.69 Å². The summed E-state index contributed by atoms with van der Waals surface area (Å²) in [5, 5.41) is 10.7. The van der Waals surface area contributed by atoms with Crippen LogP contribution in [0.2, 0.25) is 0 Å². The summed E-state index contributed by atoms with van der Waals surface area (Å²) < 4.78 is 2.28. The third-order valence-electron chi connectivity index (χ3n) is 1.65. The highest BCUT2D eigenvalue weighted by Gasteiger charge is 2.06. The SMILES string of the molecule is O=Cc1nnnn1-c1cccc(Br)c1. The van der Waals surface area contributed by atoms with Gasteiger partial charge in [-0.2, -0.15) is 4.68 Å². The highest BCUT2D eigenvalue weighted by Crippen LogP contribution is 2.14. The third-order valence-corrected chi connectivity index (χ3v) is 2.15. The van der Waals surface area contributed by atoms with E-state index in [1.54, 1.807) is 0 Å². The van der Waals surface area contributed by atoms with E-state index in [0.717, 1.165) is 10.2 Å². The molecule has 0 saturated heterocycles. The van der Waals surface area contributed by atoms with Gasteiger partial charge in [-0.25, -0.2) is 0 Å². The minimum absolute atomic E-state index is 0.183. The Morgan fingerprint density at radius 1 is 1.43 bits per heavy atom.